The maximum Gasteiger partial charge on any atom is 0.143 e. The highest BCUT2D eigenvalue weighted by molar-refractivity contribution is 6.14. The van der Waals surface area contributed by atoms with Crippen LogP contribution >= 0.6 is 0 Å². The van der Waals surface area contributed by atoms with Gasteiger partial charge in [0.25, 0.3) is 0 Å². The summed E-state index contributed by atoms with van der Waals surface area (Å²) in [6.45, 7) is 4.69. The van der Waals surface area contributed by atoms with Crippen LogP contribution in [0.25, 0.3) is 88.0 Å². The molecule has 0 fully saturated rings. The van der Waals surface area contributed by atoms with Crippen molar-refractivity contribution in [2.75, 3.05) is 4.90 Å². The van der Waals surface area contributed by atoms with Crippen LogP contribution in [0, 0.1) is 0 Å². The van der Waals surface area contributed by atoms with E-state index in [1.165, 1.54) is 33.0 Å². The quantitative estimate of drug-likeness (QED) is 0.176. The standard InChI is InChI=1S/C55H37NO2/c1-55(2)46-20-8-5-17-44(46)53-47(55)21-12-23-49(53)56(38-28-25-34(26-29-38)37-27-30-41-40-16-7-10-24-50(40)57-51(41)33-37)48-22-9-6-15-39(48)42-18-11-19-43-45-31-35-13-3-4-14-36(35)32-52(45)58-54(42)43/h3-33H,1-2H3. The summed E-state index contributed by atoms with van der Waals surface area (Å²) >= 11 is 0. The third-order valence-corrected chi connectivity index (χ3v) is 12.5. The van der Waals surface area contributed by atoms with E-state index in [1.54, 1.807) is 0 Å². The van der Waals surface area contributed by atoms with E-state index in [0.717, 1.165) is 83.2 Å². The predicted octanol–water partition coefficient (Wildman–Crippen LogP) is 15.7. The van der Waals surface area contributed by atoms with Gasteiger partial charge in [-0.05, 0) is 93.2 Å². The maximum atomic E-state index is 6.83. The van der Waals surface area contributed by atoms with Gasteiger partial charge in [0, 0.05) is 49.3 Å². The lowest BCUT2D eigenvalue weighted by atomic mass is 9.82. The topological polar surface area (TPSA) is 29.5 Å². The molecule has 12 rings (SSSR count). The third kappa shape index (κ3) is 4.80. The van der Waals surface area contributed by atoms with E-state index in [0.29, 0.717) is 0 Å². The first-order valence-electron chi connectivity index (χ1n) is 20.0. The molecule has 0 bridgehead atoms. The molecule has 1 aliphatic rings. The zero-order valence-electron chi connectivity index (χ0n) is 32.2. The molecule has 1 aliphatic carbocycles. The van der Waals surface area contributed by atoms with Gasteiger partial charge in [0.05, 0.1) is 11.4 Å². The van der Waals surface area contributed by atoms with Crippen LogP contribution in [0.4, 0.5) is 17.1 Å². The minimum atomic E-state index is -0.143. The van der Waals surface area contributed by atoms with E-state index >= 15 is 0 Å². The van der Waals surface area contributed by atoms with Crippen molar-refractivity contribution in [3.8, 4) is 33.4 Å². The first-order valence-corrected chi connectivity index (χ1v) is 20.0. The molecule has 0 atom stereocenters. The Balaban J connectivity index is 1.07. The zero-order valence-corrected chi connectivity index (χ0v) is 32.2. The molecule has 0 unspecified atom stereocenters. The minimum Gasteiger partial charge on any atom is -0.456 e. The highest BCUT2D eigenvalue weighted by atomic mass is 16.3. The molecular weight excluding hydrogens is 707 g/mol. The normalized spacial score (nSPS) is 13.1. The SMILES string of the molecule is CC1(C)c2ccccc2-c2c(N(c3ccc(-c4ccc5c(c4)oc4ccccc45)cc3)c3ccccc3-c3cccc4c3oc3cc5ccccc5cc34)cccc21. The van der Waals surface area contributed by atoms with Gasteiger partial charge in [-0.3, -0.25) is 0 Å². The minimum absolute atomic E-state index is 0.143. The van der Waals surface area contributed by atoms with Crippen molar-refractivity contribution in [3.63, 3.8) is 0 Å². The molecule has 0 N–H and O–H groups in total. The molecule has 2 aromatic heterocycles. The van der Waals surface area contributed by atoms with Crippen LogP contribution in [-0.4, -0.2) is 0 Å². The summed E-state index contributed by atoms with van der Waals surface area (Å²) in [6.07, 6.45) is 0. The largest absolute Gasteiger partial charge is 0.456 e. The number of hydrogen-bond donors (Lipinski definition) is 0. The molecule has 58 heavy (non-hydrogen) atoms. The highest BCUT2D eigenvalue weighted by Gasteiger charge is 2.38. The Bertz CT molecular complexity index is 3440. The Morgan fingerprint density at radius 2 is 1.02 bits per heavy atom. The fourth-order valence-corrected chi connectivity index (χ4v) is 9.63. The average Bonchev–Trinajstić information content (AvgIpc) is 3.90. The van der Waals surface area contributed by atoms with Crippen molar-refractivity contribution in [1.29, 1.82) is 0 Å². The van der Waals surface area contributed by atoms with Crippen molar-refractivity contribution in [3.05, 3.63) is 199 Å². The lowest BCUT2D eigenvalue weighted by molar-refractivity contribution is 0.660. The van der Waals surface area contributed by atoms with Crippen molar-refractivity contribution >= 4 is 71.7 Å². The van der Waals surface area contributed by atoms with E-state index < -0.39 is 0 Å². The van der Waals surface area contributed by atoms with Crippen molar-refractivity contribution in [1.82, 2.24) is 0 Å². The summed E-state index contributed by atoms with van der Waals surface area (Å²) in [7, 11) is 0. The van der Waals surface area contributed by atoms with Crippen LogP contribution in [0.2, 0.25) is 0 Å². The van der Waals surface area contributed by atoms with E-state index in [1.807, 2.05) is 12.1 Å². The molecule has 0 amide bonds. The Kier molecular flexibility index (Phi) is 6.98. The number of para-hydroxylation sites is 3. The van der Waals surface area contributed by atoms with Crippen LogP contribution in [0.3, 0.4) is 0 Å². The van der Waals surface area contributed by atoms with Crippen LogP contribution in [-0.2, 0) is 5.41 Å². The molecule has 0 aliphatic heterocycles. The van der Waals surface area contributed by atoms with Gasteiger partial charge in [-0.25, -0.2) is 0 Å². The third-order valence-electron chi connectivity index (χ3n) is 12.5. The van der Waals surface area contributed by atoms with Gasteiger partial charge in [-0.1, -0.05) is 147 Å². The van der Waals surface area contributed by atoms with E-state index in [2.05, 4.69) is 195 Å². The van der Waals surface area contributed by atoms with Gasteiger partial charge >= 0.3 is 0 Å². The van der Waals surface area contributed by atoms with Crippen molar-refractivity contribution < 1.29 is 8.83 Å². The number of rotatable bonds is 5. The van der Waals surface area contributed by atoms with Gasteiger partial charge in [0.15, 0.2) is 0 Å². The van der Waals surface area contributed by atoms with Crippen molar-refractivity contribution in [2.24, 2.45) is 0 Å². The number of fused-ring (bicyclic) bond motifs is 10. The molecule has 274 valence electrons. The molecule has 0 saturated heterocycles. The number of benzene rings is 9. The first kappa shape index (κ1) is 32.8. The van der Waals surface area contributed by atoms with Gasteiger partial charge in [0.2, 0.25) is 0 Å². The lowest BCUT2D eigenvalue weighted by Crippen LogP contribution is -2.16. The summed E-state index contributed by atoms with van der Waals surface area (Å²) in [4.78, 5) is 2.45. The van der Waals surface area contributed by atoms with E-state index in [4.69, 9.17) is 8.83 Å². The van der Waals surface area contributed by atoms with Gasteiger partial charge in [0.1, 0.15) is 22.3 Å². The molecule has 11 aromatic rings. The number of hydrogen-bond acceptors (Lipinski definition) is 3. The summed E-state index contributed by atoms with van der Waals surface area (Å²) in [5.74, 6) is 0. The maximum absolute atomic E-state index is 6.83. The molecule has 0 radical (unpaired) electrons. The fraction of sp³-hybridized carbons (Fsp3) is 0.0545. The average molecular weight is 744 g/mol. The second-order valence-corrected chi connectivity index (χ2v) is 16.1. The monoisotopic (exact) mass is 743 g/mol. The summed E-state index contributed by atoms with van der Waals surface area (Å²) in [5.41, 5.74) is 16.4. The second-order valence-electron chi connectivity index (χ2n) is 16.1. The molecule has 2 heterocycles. The summed E-state index contributed by atoms with van der Waals surface area (Å²) < 4.78 is 13.1. The fourth-order valence-electron chi connectivity index (χ4n) is 9.63. The summed E-state index contributed by atoms with van der Waals surface area (Å²) in [6, 6.07) is 67.7. The molecule has 3 nitrogen and oxygen atoms in total. The van der Waals surface area contributed by atoms with E-state index in [-0.39, 0.29) is 5.41 Å². The van der Waals surface area contributed by atoms with Crippen LogP contribution in [0.1, 0.15) is 25.0 Å². The first-order chi connectivity index (χ1) is 28.5. The summed E-state index contributed by atoms with van der Waals surface area (Å²) in [5, 5.41) is 6.89. The smallest absolute Gasteiger partial charge is 0.143 e. The molecular formula is C55H37NO2. The Labute approximate surface area is 336 Å². The van der Waals surface area contributed by atoms with Gasteiger partial charge in [-0.2, -0.15) is 0 Å². The van der Waals surface area contributed by atoms with Crippen molar-refractivity contribution in [2.45, 2.75) is 19.3 Å². The molecule has 9 aromatic carbocycles. The van der Waals surface area contributed by atoms with Crippen LogP contribution in [0.15, 0.2) is 197 Å². The Hall–Kier alpha value is -7.36. The Morgan fingerprint density at radius 3 is 1.90 bits per heavy atom. The van der Waals surface area contributed by atoms with Crippen LogP contribution < -0.4 is 4.90 Å². The number of nitrogens with zero attached hydrogens (tertiary/aromatic N) is 1. The number of furan rings is 2. The predicted molar refractivity (Wildman–Crippen MR) is 242 cm³/mol. The Morgan fingerprint density at radius 1 is 0.397 bits per heavy atom. The van der Waals surface area contributed by atoms with Gasteiger partial charge in [-0.15, -0.1) is 0 Å². The number of anilines is 3. The van der Waals surface area contributed by atoms with E-state index in [9.17, 15) is 0 Å². The molecule has 0 saturated carbocycles. The van der Waals surface area contributed by atoms with Crippen LogP contribution in [0.5, 0.6) is 0 Å². The lowest BCUT2D eigenvalue weighted by Gasteiger charge is -2.30. The molecule has 0 spiro atoms. The van der Waals surface area contributed by atoms with Gasteiger partial charge < -0.3 is 13.7 Å². The second kappa shape index (κ2) is 12.3. The zero-order chi connectivity index (χ0) is 38.5. The molecule has 3 heteroatoms. The highest BCUT2D eigenvalue weighted by Crippen LogP contribution is 2.55.